The van der Waals surface area contributed by atoms with Crippen molar-refractivity contribution in [3.05, 3.63) is 16.1 Å². The molecule has 0 aromatic carbocycles. The van der Waals surface area contributed by atoms with E-state index in [0.29, 0.717) is 6.54 Å². The number of aryl methyl sites for hydroxylation is 1. The van der Waals surface area contributed by atoms with Gasteiger partial charge in [0.05, 0.1) is 11.6 Å². The molecule has 1 heterocycles. The largest absolute Gasteiger partial charge is 0.354 e. The molecular weight excluding hydrogens is 262 g/mol. The van der Waals surface area contributed by atoms with E-state index in [1.54, 1.807) is 11.3 Å². The Morgan fingerprint density at radius 1 is 1.32 bits per heavy atom. The van der Waals surface area contributed by atoms with Crippen LogP contribution in [0, 0.1) is 12.3 Å². The molecule has 0 aliphatic heterocycles. The van der Waals surface area contributed by atoms with Gasteiger partial charge in [-0.1, -0.05) is 20.8 Å². The Morgan fingerprint density at radius 2 is 2.00 bits per heavy atom. The molecule has 19 heavy (non-hydrogen) atoms. The first-order valence-electron chi connectivity index (χ1n) is 6.25. The molecule has 6 heteroatoms. The maximum Gasteiger partial charge on any atom is 0.239 e. The van der Waals surface area contributed by atoms with E-state index < -0.39 is 5.41 Å². The fourth-order valence-electron chi connectivity index (χ4n) is 1.31. The highest BCUT2D eigenvalue weighted by Gasteiger charge is 2.21. The second-order valence-electron chi connectivity index (χ2n) is 5.42. The number of rotatable bonds is 5. The highest BCUT2D eigenvalue weighted by Crippen LogP contribution is 2.12. The minimum absolute atomic E-state index is 0.0208. The van der Waals surface area contributed by atoms with Crippen LogP contribution in [0.2, 0.25) is 0 Å². The maximum atomic E-state index is 11.6. The van der Waals surface area contributed by atoms with Gasteiger partial charge in [0.25, 0.3) is 0 Å². The van der Waals surface area contributed by atoms with Crippen LogP contribution < -0.4 is 10.6 Å². The lowest BCUT2D eigenvalue weighted by Gasteiger charge is -2.17. The van der Waals surface area contributed by atoms with Crippen LogP contribution in [0.1, 0.15) is 31.5 Å². The van der Waals surface area contributed by atoms with E-state index >= 15 is 0 Å². The Labute approximate surface area is 117 Å². The average molecular weight is 283 g/mol. The molecule has 0 saturated heterocycles. The molecule has 2 N–H and O–H groups in total. The van der Waals surface area contributed by atoms with Gasteiger partial charge in [0, 0.05) is 29.5 Å². The fourth-order valence-corrected chi connectivity index (χ4v) is 2.09. The molecule has 106 valence electrons. The van der Waals surface area contributed by atoms with Crippen LogP contribution in [0.5, 0.6) is 0 Å². The van der Waals surface area contributed by atoms with Gasteiger partial charge in [-0.25, -0.2) is 4.98 Å². The zero-order chi connectivity index (χ0) is 14.5. The fraction of sp³-hybridized carbons (Fsp3) is 0.615. The van der Waals surface area contributed by atoms with Crippen LogP contribution in [0.3, 0.4) is 0 Å². The third-order valence-corrected chi connectivity index (χ3v) is 3.44. The molecule has 1 rings (SSSR count). The van der Waals surface area contributed by atoms with Crippen molar-refractivity contribution in [2.75, 3.05) is 13.1 Å². The number of nitrogens with one attached hydrogen (secondary N) is 2. The molecule has 5 nitrogen and oxygen atoms in total. The summed E-state index contributed by atoms with van der Waals surface area (Å²) in [6, 6.07) is 0. The first kappa shape index (κ1) is 15.6. The highest BCUT2D eigenvalue weighted by molar-refractivity contribution is 7.09. The summed E-state index contributed by atoms with van der Waals surface area (Å²) in [4.78, 5) is 27.4. The van der Waals surface area contributed by atoms with Crippen LogP contribution in [-0.4, -0.2) is 29.9 Å². The van der Waals surface area contributed by atoms with E-state index in [9.17, 15) is 9.59 Å². The van der Waals surface area contributed by atoms with Gasteiger partial charge in [-0.2, -0.15) is 0 Å². The number of carbonyl (C=O) groups excluding carboxylic acids is 2. The first-order chi connectivity index (χ1) is 8.79. The smallest absolute Gasteiger partial charge is 0.239 e. The van der Waals surface area contributed by atoms with Crippen LogP contribution >= 0.6 is 11.3 Å². The topological polar surface area (TPSA) is 71.1 Å². The Balaban J connectivity index is 2.20. The van der Waals surface area contributed by atoms with E-state index in [1.165, 1.54) is 0 Å². The van der Waals surface area contributed by atoms with E-state index in [4.69, 9.17) is 0 Å². The van der Waals surface area contributed by atoms with Crippen LogP contribution in [0.15, 0.2) is 5.38 Å². The molecule has 0 bridgehead atoms. The van der Waals surface area contributed by atoms with Crippen molar-refractivity contribution in [3.8, 4) is 0 Å². The summed E-state index contributed by atoms with van der Waals surface area (Å²) in [5, 5.41) is 8.37. The van der Waals surface area contributed by atoms with Gasteiger partial charge in [-0.05, 0) is 6.92 Å². The van der Waals surface area contributed by atoms with Crippen molar-refractivity contribution < 1.29 is 9.59 Å². The number of amides is 2. The van der Waals surface area contributed by atoms with Gasteiger partial charge in [0.2, 0.25) is 11.8 Å². The van der Waals surface area contributed by atoms with Crippen LogP contribution in [-0.2, 0) is 16.0 Å². The maximum absolute atomic E-state index is 11.6. The Hall–Kier alpha value is -1.43. The summed E-state index contributed by atoms with van der Waals surface area (Å²) in [6.07, 6.45) is 0.720. The Bertz CT molecular complexity index is 449. The lowest BCUT2D eigenvalue weighted by atomic mass is 9.96. The molecular formula is C13H21N3O2S. The monoisotopic (exact) mass is 283 g/mol. The number of thiazole rings is 1. The van der Waals surface area contributed by atoms with Gasteiger partial charge >= 0.3 is 0 Å². The number of nitrogens with zero attached hydrogens (tertiary/aromatic N) is 1. The molecule has 0 aliphatic carbocycles. The lowest BCUT2D eigenvalue weighted by molar-refractivity contribution is -0.131. The summed E-state index contributed by atoms with van der Waals surface area (Å²) in [7, 11) is 0. The zero-order valence-corrected chi connectivity index (χ0v) is 12.7. The van der Waals surface area contributed by atoms with E-state index in [2.05, 4.69) is 15.6 Å². The van der Waals surface area contributed by atoms with Crippen molar-refractivity contribution >= 4 is 23.2 Å². The molecule has 1 aromatic heterocycles. The minimum atomic E-state index is -0.474. The normalized spacial score (nSPS) is 11.2. The number of carbonyl (C=O) groups is 2. The summed E-state index contributed by atoms with van der Waals surface area (Å²) in [5.41, 5.74) is 0.530. The number of aromatic nitrogens is 1. The molecule has 0 unspecified atom stereocenters. The lowest BCUT2D eigenvalue weighted by Crippen LogP contribution is -2.42. The quantitative estimate of drug-likeness (QED) is 0.855. The van der Waals surface area contributed by atoms with Crippen molar-refractivity contribution in [3.63, 3.8) is 0 Å². The standard InChI is InChI=1S/C13H21N3O2S/c1-9-8-19-11(16-9)5-6-14-10(17)7-15-12(18)13(2,3)4/h8H,5-7H2,1-4H3,(H,14,17)(H,15,18). The van der Waals surface area contributed by atoms with Crippen molar-refractivity contribution in [2.24, 2.45) is 5.41 Å². The van der Waals surface area contributed by atoms with Crippen LogP contribution in [0.4, 0.5) is 0 Å². The predicted molar refractivity (Wildman–Crippen MR) is 76.0 cm³/mol. The van der Waals surface area contributed by atoms with Crippen LogP contribution in [0.25, 0.3) is 0 Å². The second-order valence-corrected chi connectivity index (χ2v) is 6.36. The van der Waals surface area contributed by atoms with Gasteiger partial charge in [-0.3, -0.25) is 9.59 Å². The summed E-state index contributed by atoms with van der Waals surface area (Å²) >= 11 is 1.59. The van der Waals surface area contributed by atoms with E-state index in [1.807, 2.05) is 33.1 Å². The average Bonchev–Trinajstić information content (AvgIpc) is 2.70. The Morgan fingerprint density at radius 3 is 2.53 bits per heavy atom. The Kier molecular flexibility index (Phi) is 5.47. The third-order valence-electron chi connectivity index (χ3n) is 2.42. The molecule has 0 fully saturated rings. The van der Waals surface area contributed by atoms with Gasteiger partial charge in [0.15, 0.2) is 0 Å². The van der Waals surface area contributed by atoms with Gasteiger partial charge < -0.3 is 10.6 Å². The van der Waals surface area contributed by atoms with E-state index in [0.717, 1.165) is 17.1 Å². The van der Waals surface area contributed by atoms with Crippen molar-refractivity contribution in [2.45, 2.75) is 34.1 Å². The molecule has 2 amide bonds. The molecule has 0 spiro atoms. The van der Waals surface area contributed by atoms with Gasteiger partial charge in [-0.15, -0.1) is 11.3 Å². The number of hydrogen-bond donors (Lipinski definition) is 2. The van der Waals surface area contributed by atoms with Gasteiger partial charge in [0.1, 0.15) is 0 Å². The molecule has 0 aliphatic rings. The molecule has 1 aromatic rings. The molecule has 0 atom stereocenters. The minimum Gasteiger partial charge on any atom is -0.354 e. The SMILES string of the molecule is Cc1csc(CCNC(=O)CNC(=O)C(C)(C)C)n1. The zero-order valence-electron chi connectivity index (χ0n) is 11.9. The molecule has 0 saturated carbocycles. The van der Waals surface area contributed by atoms with Crippen molar-refractivity contribution in [1.82, 2.24) is 15.6 Å². The predicted octanol–water partition coefficient (Wildman–Crippen LogP) is 1.27. The van der Waals surface area contributed by atoms with E-state index in [-0.39, 0.29) is 18.4 Å². The number of hydrogen-bond acceptors (Lipinski definition) is 4. The van der Waals surface area contributed by atoms with Crippen molar-refractivity contribution in [1.29, 1.82) is 0 Å². The summed E-state index contributed by atoms with van der Waals surface area (Å²) < 4.78 is 0. The highest BCUT2D eigenvalue weighted by atomic mass is 32.1. The first-order valence-corrected chi connectivity index (χ1v) is 7.13. The summed E-state index contributed by atoms with van der Waals surface area (Å²) in [6.45, 7) is 7.94. The second kappa shape index (κ2) is 6.65. The third kappa shape index (κ3) is 5.83. The summed E-state index contributed by atoms with van der Waals surface area (Å²) in [5.74, 6) is -0.302. The molecule has 0 radical (unpaired) electrons.